The lowest BCUT2D eigenvalue weighted by Gasteiger charge is -2.40. The van der Waals surface area contributed by atoms with Gasteiger partial charge in [-0.25, -0.2) is 0 Å². The van der Waals surface area contributed by atoms with Gasteiger partial charge in [0.05, 0.1) is 12.3 Å². The molecule has 2 rings (SSSR count). The van der Waals surface area contributed by atoms with Crippen molar-refractivity contribution in [1.29, 1.82) is 0 Å². The van der Waals surface area contributed by atoms with Gasteiger partial charge in [-0.2, -0.15) is 0 Å². The number of ether oxygens (including phenoxy) is 1. The van der Waals surface area contributed by atoms with Crippen LogP contribution >= 0.6 is 0 Å². The smallest absolute Gasteiger partial charge is 0.0972 e. The Hall–Kier alpha value is -0.0800. The molecule has 2 nitrogen and oxygen atoms in total. The fourth-order valence-corrected chi connectivity index (χ4v) is 2.26. The van der Waals surface area contributed by atoms with E-state index in [1.54, 1.807) is 0 Å². The van der Waals surface area contributed by atoms with Gasteiger partial charge in [-0.3, -0.25) is 5.32 Å². The summed E-state index contributed by atoms with van der Waals surface area (Å²) in [6.07, 6.45) is 9.24. The molecule has 0 bridgehead atoms. The quantitative estimate of drug-likeness (QED) is 0.647. The standard InChI is InChI=1S/C9H17NO.C3H8/c1-2-4-9(5-3-1)6-7-10-8-11-9;1-3-2/h10H,1-8H2;3H2,1-2H3. The molecule has 0 radical (unpaired) electrons. The molecule has 0 atom stereocenters. The molecule has 2 aliphatic rings. The highest BCUT2D eigenvalue weighted by molar-refractivity contribution is 4.86. The van der Waals surface area contributed by atoms with Crippen molar-refractivity contribution in [2.75, 3.05) is 13.3 Å². The first-order valence-corrected chi connectivity index (χ1v) is 6.17. The summed E-state index contributed by atoms with van der Waals surface area (Å²) in [6, 6.07) is 0. The highest BCUT2D eigenvalue weighted by atomic mass is 16.5. The number of hydrogen-bond donors (Lipinski definition) is 1. The van der Waals surface area contributed by atoms with E-state index in [0.717, 1.165) is 13.3 Å². The van der Waals surface area contributed by atoms with E-state index in [4.69, 9.17) is 4.74 Å². The third-order valence-electron chi connectivity index (χ3n) is 3.00. The number of hydrogen-bond acceptors (Lipinski definition) is 2. The Bertz CT molecular complexity index is 116. The summed E-state index contributed by atoms with van der Waals surface area (Å²) in [6.45, 7) is 6.18. The van der Waals surface area contributed by atoms with Gasteiger partial charge < -0.3 is 4.74 Å². The molecule has 1 heterocycles. The van der Waals surface area contributed by atoms with Crippen LogP contribution in [0.2, 0.25) is 0 Å². The number of rotatable bonds is 0. The molecule has 14 heavy (non-hydrogen) atoms. The predicted octanol–water partition coefficient (Wildman–Crippen LogP) is 3.07. The molecular weight excluding hydrogens is 174 g/mol. The summed E-state index contributed by atoms with van der Waals surface area (Å²) in [7, 11) is 0. The van der Waals surface area contributed by atoms with Crippen LogP contribution in [-0.4, -0.2) is 18.9 Å². The van der Waals surface area contributed by atoms with Crippen LogP contribution < -0.4 is 5.32 Å². The van der Waals surface area contributed by atoms with Crippen LogP contribution in [0.15, 0.2) is 0 Å². The summed E-state index contributed by atoms with van der Waals surface area (Å²) in [5.41, 5.74) is 0.295. The normalized spacial score (nSPS) is 25.3. The molecular formula is C12H25NO. The van der Waals surface area contributed by atoms with E-state index >= 15 is 0 Å². The van der Waals surface area contributed by atoms with Gasteiger partial charge in [0.25, 0.3) is 0 Å². The second-order valence-electron chi connectivity index (χ2n) is 4.49. The van der Waals surface area contributed by atoms with Crippen molar-refractivity contribution >= 4 is 0 Å². The SMILES string of the molecule is C1CCC2(CC1)CCNCO2.CCC. The molecule has 0 amide bonds. The Kier molecular flexibility index (Phi) is 5.49. The summed E-state index contributed by atoms with van der Waals surface area (Å²) >= 11 is 0. The lowest BCUT2D eigenvalue weighted by atomic mass is 9.82. The molecule has 0 aromatic rings. The van der Waals surface area contributed by atoms with Crippen LogP contribution in [-0.2, 0) is 4.74 Å². The minimum atomic E-state index is 0.295. The van der Waals surface area contributed by atoms with Gasteiger partial charge in [0.2, 0.25) is 0 Å². The first kappa shape index (κ1) is 12.0. The van der Waals surface area contributed by atoms with Gasteiger partial charge in [0.15, 0.2) is 0 Å². The Morgan fingerprint density at radius 2 is 1.71 bits per heavy atom. The van der Waals surface area contributed by atoms with E-state index in [1.807, 2.05) is 0 Å². The Morgan fingerprint density at radius 1 is 1.07 bits per heavy atom. The second kappa shape index (κ2) is 6.41. The van der Waals surface area contributed by atoms with Crippen LogP contribution in [0.5, 0.6) is 0 Å². The molecule has 1 saturated carbocycles. The molecule has 1 spiro atoms. The van der Waals surface area contributed by atoms with Crippen molar-refractivity contribution in [3.8, 4) is 0 Å². The summed E-state index contributed by atoms with van der Waals surface area (Å²) in [5, 5.41) is 3.23. The predicted molar refractivity (Wildman–Crippen MR) is 60.4 cm³/mol. The molecule has 0 unspecified atom stereocenters. The topological polar surface area (TPSA) is 21.3 Å². The minimum absolute atomic E-state index is 0.295. The molecule has 1 aliphatic carbocycles. The third kappa shape index (κ3) is 3.58. The highest BCUT2D eigenvalue weighted by Crippen LogP contribution is 2.35. The zero-order valence-corrected chi connectivity index (χ0v) is 9.77. The maximum absolute atomic E-state index is 5.80. The highest BCUT2D eigenvalue weighted by Gasteiger charge is 2.34. The van der Waals surface area contributed by atoms with Crippen LogP contribution in [0.25, 0.3) is 0 Å². The lowest BCUT2D eigenvalue weighted by molar-refractivity contribution is -0.104. The van der Waals surface area contributed by atoms with E-state index in [9.17, 15) is 0 Å². The zero-order valence-electron chi connectivity index (χ0n) is 9.77. The van der Waals surface area contributed by atoms with Gasteiger partial charge in [-0.15, -0.1) is 0 Å². The lowest BCUT2D eigenvalue weighted by Crippen LogP contribution is -2.45. The molecule has 1 saturated heterocycles. The maximum atomic E-state index is 5.80. The molecule has 1 N–H and O–H groups in total. The zero-order chi connectivity index (χ0) is 10.3. The van der Waals surface area contributed by atoms with Crippen molar-refractivity contribution in [3.05, 3.63) is 0 Å². The third-order valence-corrected chi connectivity index (χ3v) is 3.00. The van der Waals surface area contributed by atoms with Crippen molar-refractivity contribution in [1.82, 2.24) is 5.32 Å². The fourth-order valence-electron chi connectivity index (χ4n) is 2.26. The van der Waals surface area contributed by atoms with E-state index < -0.39 is 0 Å². The summed E-state index contributed by atoms with van der Waals surface area (Å²) < 4.78 is 5.80. The summed E-state index contributed by atoms with van der Waals surface area (Å²) in [4.78, 5) is 0. The van der Waals surface area contributed by atoms with E-state index in [-0.39, 0.29) is 0 Å². The average Bonchev–Trinajstić information content (AvgIpc) is 2.21. The molecule has 1 aliphatic heterocycles. The molecule has 0 aromatic heterocycles. The van der Waals surface area contributed by atoms with Crippen molar-refractivity contribution in [3.63, 3.8) is 0 Å². The second-order valence-corrected chi connectivity index (χ2v) is 4.49. The van der Waals surface area contributed by atoms with Gasteiger partial charge in [-0.05, 0) is 25.8 Å². The van der Waals surface area contributed by atoms with Gasteiger partial charge in [-0.1, -0.05) is 39.5 Å². The largest absolute Gasteiger partial charge is 0.360 e. The summed E-state index contributed by atoms with van der Waals surface area (Å²) in [5.74, 6) is 0. The van der Waals surface area contributed by atoms with Gasteiger partial charge in [0, 0.05) is 0 Å². The Balaban J connectivity index is 0.000000293. The van der Waals surface area contributed by atoms with Crippen LogP contribution in [0, 0.1) is 0 Å². The molecule has 0 aromatic carbocycles. The van der Waals surface area contributed by atoms with Gasteiger partial charge in [0.1, 0.15) is 0 Å². The van der Waals surface area contributed by atoms with E-state index in [1.165, 1.54) is 44.9 Å². The van der Waals surface area contributed by atoms with Crippen molar-refractivity contribution in [2.45, 2.75) is 64.4 Å². The molecule has 2 fully saturated rings. The van der Waals surface area contributed by atoms with Crippen LogP contribution in [0.1, 0.15) is 58.8 Å². The van der Waals surface area contributed by atoms with Gasteiger partial charge >= 0.3 is 0 Å². The fraction of sp³-hybridized carbons (Fsp3) is 1.00. The monoisotopic (exact) mass is 199 g/mol. The Morgan fingerprint density at radius 3 is 2.21 bits per heavy atom. The Labute approximate surface area is 88.4 Å². The maximum Gasteiger partial charge on any atom is 0.0972 e. The minimum Gasteiger partial charge on any atom is -0.360 e. The van der Waals surface area contributed by atoms with Crippen LogP contribution in [0.4, 0.5) is 0 Å². The molecule has 84 valence electrons. The molecule has 2 heteroatoms. The van der Waals surface area contributed by atoms with E-state index in [0.29, 0.717) is 5.60 Å². The first-order chi connectivity index (χ1) is 6.83. The number of nitrogens with one attached hydrogen (secondary N) is 1. The van der Waals surface area contributed by atoms with Crippen molar-refractivity contribution in [2.24, 2.45) is 0 Å². The van der Waals surface area contributed by atoms with Crippen LogP contribution in [0.3, 0.4) is 0 Å². The first-order valence-electron chi connectivity index (χ1n) is 6.17. The average molecular weight is 199 g/mol. The van der Waals surface area contributed by atoms with E-state index in [2.05, 4.69) is 19.2 Å². The van der Waals surface area contributed by atoms with Crippen molar-refractivity contribution < 1.29 is 4.74 Å².